The van der Waals surface area contributed by atoms with Gasteiger partial charge in [-0.2, -0.15) is 0 Å². The number of aromatic nitrogens is 1. The van der Waals surface area contributed by atoms with E-state index in [4.69, 9.17) is 4.74 Å². The second-order valence-corrected chi connectivity index (χ2v) is 5.66. The molecule has 0 radical (unpaired) electrons. The van der Waals surface area contributed by atoms with Crippen LogP contribution in [0.15, 0.2) is 72.9 Å². The number of ether oxygens (including phenoxy) is 1. The number of hydrogen-bond donors (Lipinski definition) is 1. The Kier molecular flexibility index (Phi) is 5.39. The van der Waals surface area contributed by atoms with E-state index in [2.05, 4.69) is 4.98 Å². The molecular weight excluding hydrogens is 330 g/mol. The molecule has 0 fully saturated rings. The van der Waals surface area contributed by atoms with Gasteiger partial charge in [-0.15, -0.1) is 0 Å². The topological polar surface area (TPSA) is 76.5 Å². The standard InChI is InChI=1S/C21H17NO4/c23-19(13-12-15-7-4-5-10-17(15)21(24)25)18-11-6-14-22-20(18)26-16-8-2-1-3-9-16/h1-11,14H,12-13H2,(H,24,25). The average molecular weight is 347 g/mol. The molecule has 0 amide bonds. The third-order valence-corrected chi connectivity index (χ3v) is 3.90. The number of carboxylic acids is 1. The van der Waals surface area contributed by atoms with Crippen LogP contribution in [-0.2, 0) is 6.42 Å². The summed E-state index contributed by atoms with van der Waals surface area (Å²) in [5.41, 5.74) is 1.22. The van der Waals surface area contributed by atoms with E-state index in [0.717, 1.165) is 0 Å². The summed E-state index contributed by atoms with van der Waals surface area (Å²) in [6, 6.07) is 19.1. The Morgan fingerprint density at radius 3 is 2.35 bits per heavy atom. The largest absolute Gasteiger partial charge is 0.478 e. The van der Waals surface area contributed by atoms with Gasteiger partial charge in [0.1, 0.15) is 5.75 Å². The summed E-state index contributed by atoms with van der Waals surface area (Å²) in [7, 11) is 0. The van der Waals surface area contributed by atoms with Gasteiger partial charge in [0.05, 0.1) is 11.1 Å². The Morgan fingerprint density at radius 1 is 0.885 bits per heavy atom. The minimum atomic E-state index is -0.998. The Labute approximate surface area is 150 Å². The molecule has 0 bridgehead atoms. The van der Waals surface area contributed by atoms with Crippen molar-refractivity contribution in [1.82, 2.24) is 4.98 Å². The summed E-state index contributed by atoms with van der Waals surface area (Å²) in [6.07, 6.45) is 2.07. The fourth-order valence-corrected chi connectivity index (χ4v) is 2.61. The van der Waals surface area contributed by atoms with Crippen molar-refractivity contribution < 1.29 is 19.4 Å². The minimum Gasteiger partial charge on any atom is -0.478 e. The average Bonchev–Trinajstić information content (AvgIpc) is 2.67. The fraction of sp³-hybridized carbons (Fsp3) is 0.0952. The summed E-state index contributed by atoms with van der Waals surface area (Å²) >= 11 is 0. The number of Topliss-reactive ketones (excluding diaryl/α,β-unsaturated/α-hetero) is 1. The predicted molar refractivity (Wildman–Crippen MR) is 96.8 cm³/mol. The number of pyridine rings is 1. The van der Waals surface area contributed by atoms with Gasteiger partial charge in [0.25, 0.3) is 0 Å². The number of para-hydroxylation sites is 1. The second-order valence-electron chi connectivity index (χ2n) is 5.66. The van der Waals surface area contributed by atoms with Crippen LogP contribution in [0.25, 0.3) is 0 Å². The highest BCUT2D eigenvalue weighted by Crippen LogP contribution is 2.24. The third kappa shape index (κ3) is 4.13. The van der Waals surface area contributed by atoms with Gasteiger partial charge in [-0.1, -0.05) is 36.4 Å². The number of nitrogens with zero attached hydrogens (tertiary/aromatic N) is 1. The van der Waals surface area contributed by atoms with E-state index in [-0.39, 0.29) is 23.6 Å². The van der Waals surface area contributed by atoms with Crippen molar-refractivity contribution in [3.8, 4) is 11.6 Å². The molecule has 0 saturated carbocycles. The van der Waals surface area contributed by atoms with Crippen LogP contribution in [0.4, 0.5) is 0 Å². The molecule has 0 aliphatic heterocycles. The molecule has 1 aromatic heterocycles. The number of aryl methyl sites for hydroxylation is 1. The molecule has 0 aliphatic carbocycles. The molecule has 0 spiro atoms. The van der Waals surface area contributed by atoms with Gasteiger partial charge in [0, 0.05) is 12.6 Å². The van der Waals surface area contributed by atoms with Gasteiger partial charge in [-0.25, -0.2) is 9.78 Å². The number of hydrogen-bond acceptors (Lipinski definition) is 4. The van der Waals surface area contributed by atoms with Crippen molar-refractivity contribution in [2.75, 3.05) is 0 Å². The van der Waals surface area contributed by atoms with Gasteiger partial charge in [0.2, 0.25) is 5.88 Å². The summed E-state index contributed by atoms with van der Waals surface area (Å²) in [5, 5.41) is 9.24. The molecule has 3 aromatic rings. The first-order valence-corrected chi connectivity index (χ1v) is 8.17. The maximum atomic E-state index is 12.6. The molecule has 0 unspecified atom stereocenters. The summed E-state index contributed by atoms with van der Waals surface area (Å²) in [6.45, 7) is 0. The summed E-state index contributed by atoms with van der Waals surface area (Å²) in [5.74, 6) is -0.307. The highest BCUT2D eigenvalue weighted by molar-refractivity contribution is 5.98. The maximum absolute atomic E-state index is 12.6. The Hall–Kier alpha value is -3.47. The first kappa shape index (κ1) is 17.4. The van der Waals surface area contributed by atoms with Crippen LogP contribution in [0.5, 0.6) is 11.6 Å². The quantitative estimate of drug-likeness (QED) is 0.642. The summed E-state index contributed by atoms with van der Waals surface area (Å²) < 4.78 is 5.72. The minimum absolute atomic E-state index is 0.149. The zero-order valence-corrected chi connectivity index (χ0v) is 14.0. The van der Waals surface area contributed by atoms with Crippen LogP contribution >= 0.6 is 0 Å². The number of ketones is 1. The lowest BCUT2D eigenvalue weighted by molar-refractivity contribution is 0.0694. The number of benzene rings is 2. The number of aromatic carboxylic acids is 1. The van der Waals surface area contributed by atoms with Crippen LogP contribution in [0.1, 0.15) is 32.7 Å². The van der Waals surface area contributed by atoms with Gasteiger partial charge in [0.15, 0.2) is 5.78 Å². The van der Waals surface area contributed by atoms with Crippen LogP contribution < -0.4 is 4.74 Å². The molecule has 5 heteroatoms. The Bertz CT molecular complexity index is 922. The Morgan fingerprint density at radius 2 is 1.58 bits per heavy atom. The van der Waals surface area contributed by atoms with E-state index >= 15 is 0 Å². The zero-order valence-electron chi connectivity index (χ0n) is 14.0. The van der Waals surface area contributed by atoms with E-state index in [1.165, 1.54) is 6.07 Å². The van der Waals surface area contributed by atoms with Gasteiger partial charge in [-0.3, -0.25) is 4.79 Å². The number of rotatable bonds is 7. The first-order valence-electron chi connectivity index (χ1n) is 8.17. The normalized spacial score (nSPS) is 10.3. The SMILES string of the molecule is O=C(O)c1ccccc1CCC(=O)c1cccnc1Oc1ccccc1. The van der Waals surface area contributed by atoms with Crippen molar-refractivity contribution in [1.29, 1.82) is 0 Å². The number of carbonyl (C=O) groups excluding carboxylic acids is 1. The summed E-state index contributed by atoms with van der Waals surface area (Å²) in [4.78, 5) is 28.1. The van der Waals surface area contributed by atoms with Crippen molar-refractivity contribution in [2.24, 2.45) is 0 Å². The zero-order chi connectivity index (χ0) is 18.4. The lowest BCUT2D eigenvalue weighted by Crippen LogP contribution is -2.07. The van der Waals surface area contributed by atoms with E-state index in [9.17, 15) is 14.7 Å². The smallest absolute Gasteiger partial charge is 0.335 e. The Balaban J connectivity index is 1.76. The second kappa shape index (κ2) is 8.07. The molecule has 0 atom stereocenters. The van der Waals surface area contributed by atoms with Gasteiger partial charge in [-0.05, 0) is 42.3 Å². The lowest BCUT2D eigenvalue weighted by atomic mass is 9.99. The predicted octanol–water partition coefficient (Wildman–Crippen LogP) is 4.39. The molecular formula is C21H17NO4. The van der Waals surface area contributed by atoms with E-state index in [1.807, 2.05) is 18.2 Å². The highest BCUT2D eigenvalue weighted by Gasteiger charge is 2.16. The molecule has 130 valence electrons. The van der Waals surface area contributed by atoms with Crippen LogP contribution in [0, 0.1) is 0 Å². The van der Waals surface area contributed by atoms with E-state index < -0.39 is 5.97 Å². The van der Waals surface area contributed by atoms with Crippen LogP contribution in [0.2, 0.25) is 0 Å². The van der Waals surface area contributed by atoms with Gasteiger partial charge >= 0.3 is 5.97 Å². The van der Waals surface area contributed by atoms with Crippen LogP contribution in [0.3, 0.4) is 0 Å². The molecule has 0 aliphatic rings. The highest BCUT2D eigenvalue weighted by atomic mass is 16.5. The molecule has 3 rings (SSSR count). The molecule has 5 nitrogen and oxygen atoms in total. The molecule has 26 heavy (non-hydrogen) atoms. The maximum Gasteiger partial charge on any atom is 0.335 e. The van der Waals surface area contributed by atoms with Crippen molar-refractivity contribution in [3.05, 3.63) is 89.6 Å². The molecule has 1 heterocycles. The first-order chi connectivity index (χ1) is 12.6. The monoisotopic (exact) mass is 347 g/mol. The third-order valence-electron chi connectivity index (χ3n) is 3.90. The van der Waals surface area contributed by atoms with Gasteiger partial charge < -0.3 is 9.84 Å². The van der Waals surface area contributed by atoms with Crippen molar-refractivity contribution >= 4 is 11.8 Å². The van der Waals surface area contributed by atoms with Crippen LogP contribution in [-0.4, -0.2) is 21.8 Å². The van der Waals surface area contributed by atoms with E-state index in [0.29, 0.717) is 23.3 Å². The van der Waals surface area contributed by atoms with Crippen molar-refractivity contribution in [2.45, 2.75) is 12.8 Å². The fourth-order valence-electron chi connectivity index (χ4n) is 2.61. The van der Waals surface area contributed by atoms with E-state index in [1.54, 1.807) is 48.7 Å². The number of carbonyl (C=O) groups is 2. The lowest BCUT2D eigenvalue weighted by Gasteiger charge is -2.10. The van der Waals surface area contributed by atoms with Crippen molar-refractivity contribution in [3.63, 3.8) is 0 Å². The number of carboxylic acid groups (broad SMARTS) is 1. The molecule has 1 N–H and O–H groups in total. The molecule has 2 aromatic carbocycles. The molecule has 0 saturated heterocycles.